The standard InChI is InChI=1S/2C13H24N2.H2O4S/c2*1-4-7-9-12-11-14-13(10-8-5-2)15(12)6-3;1-5(2,3)4/h2*11H,4-10H2,1-3H3;(H2,1,2,3,4). The molecule has 0 saturated heterocycles. The average molecular weight is 515 g/mol. The maximum Gasteiger partial charge on any atom is 0.254 e. The minimum Gasteiger partial charge on any atom is -0.759 e. The van der Waals surface area contributed by atoms with Gasteiger partial charge in [0.05, 0.1) is 13.1 Å². The van der Waals surface area contributed by atoms with Crippen LogP contribution in [0.2, 0.25) is 0 Å². The van der Waals surface area contributed by atoms with E-state index in [-0.39, 0.29) is 0 Å². The van der Waals surface area contributed by atoms with Gasteiger partial charge in [-0.25, -0.2) is 19.1 Å². The first-order valence-electron chi connectivity index (χ1n) is 13.5. The highest BCUT2D eigenvalue weighted by molar-refractivity contribution is 7.79. The van der Waals surface area contributed by atoms with Crippen LogP contribution in [0.5, 0.6) is 0 Å². The molecule has 0 unspecified atom stereocenters. The summed E-state index contributed by atoms with van der Waals surface area (Å²) in [5, 5.41) is 0. The summed E-state index contributed by atoms with van der Waals surface area (Å²) in [6, 6.07) is 0. The molecular weight excluding hydrogens is 464 g/mol. The topological polar surface area (TPSA) is 120 Å². The van der Waals surface area contributed by atoms with Crippen molar-refractivity contribution in [1.29, 1.82) is 0 Å². The van der Waals surface area contributed by atoms with Crippen molar-refractivity contribution in [1.82, 2.24) is 9.97 Å². The lowest BCUT2D eigenvalue weighted by atomic mass is 10.2. The molecule has 2 aromatic heterocycles. The van der Waals surface area contributed by atoms with E-state index in [1.165, 1.54) is 100 Å². The van der Waals surface area contributed by atoms with Crippen molar-refractivity contribution >= 4 is 10.4 Å². The molecule has 0 aliphatic heterocycles. The van der Waals surface area contributed by atoms with E-state index in [4.69, 9.17) is 17.5 Å². The smallest absolute Gasteiger partial charge is 0.254 e. The zero-order valence-electron chi connectivity index (χ0n) is 23.0. The van der Waals surface area contributed by atoms with Gasteiger partial charge in [-0.15, -0.1) is 0 Å². The Morgan fingerprint density at radius 2 is 0.914 bits per heavy atom. The van der Waals surface area contributed by atoms with Crippen molar-refractivity contribution in [3.63, 3.8) is 0 Å². The van der Waals surface area contributed by atoms with Gasteiger partial charge in [-0.1, -0.05) is 53.4 Å². The highest BCUT2D eigenvalue weighted by Gasteiger charge is 2.15. The fourth-order valence-electron chi connectivity index (χ4n) is 4.01. The second-order valence-electron chi connectivity index (χ2n) is 8.76. The Morgan fingerprint density at radius 1 is 0.629 bits per heavy atom. The normalized spacial score (nSPS) is 11.0. The van der Waals surface area contributed by atoms with Crippen molar-refractivity contribution in [2.45, 2.75) is 132 Å². The van der Waals surface area contributed by atoms with Crippen LogP contribution >= 0.6 is 0 Å². The first-order valence-corrected chi connectivity index (χ1v) is 14.8. The Morgan fingerprint density at radius 3 is 1.17 bits per heavy atom. The number of hydrogen-bond donors (Lipinski definition) is 2. The van der Waals surface area contributed by atoms with Gasteiger partial charge in [0, 0.05) is 36.1 Å². The number of aryl methyl sites for hydroxylation is 4. The minimum absolute atomic E-state index is 1.10. The van der Waals surface area contributed by atoms with Crippen molar-refractivity contribution in [3.05, 3.63) is 35.4 Å². The van der Waals surface area contributed by atoms with Crippen LogP contribution in [-0.4, -0.2) is 27.5 Å². The van der Waals surface area contributed by atoms with Gasteiger partial charge >= 0.3 is 0 Å². The molecule has 2 rings (SSSR count). The van der Waals surface area contributed by atoms with E-state index in [2.05, 4.69) is 73.0 Å². The zero-order chi connectivity index (χ0) is 26.7. The largest absolute Gasteiger partial charge is 0.759 e. The number of H-pyrrole nitrogens is 2. The lowest BCUT2D eigenvalue weighted by Gasteiger charge is -2.06. The summed E-state index contributed by atoms with van der Waals surface area (Å²) >= 11 is 0. The van der Waals surface area contributed by atoms with Gasteiger partial charge in [-0.2, -0.15) is 0 Å². The molecule has 0 saturated carbocycles. The number of hydrogen-bond acceptors (Lipinski definition) is 4. The summed E-state index contributed by atoms with van der Waals surface area (Å²) in [6.07, 6.45) is 19.5. The first kappa shape index (κ1) is 33.3. The van der Waals surface area contributed by atoms with E-state index < -0.39 is 10.4 Å². The van der Waals surface area contributed by atoms with E-state index >= 15 is 0 Å². The van der Waals surface area contributed by atoms with Gasteiger partial charge in [0.25, 0.3) is 11.6 Å². The fourth-order valence-corrected chi connectivity index (χ4v) is 4.01. The second-order valence-corrected chi connectivity index (χ2v) is 9.58. The minimum atomic E-state index is -5.17. The Balaban J connectivity index is 0.000000555. The second kappa shape index (κ2) is 19.5. The van der Waals surface area contributed by atoms with Crippen molar-refractivity contribution in [3.8, 4) is 0 Å². The van der Waals surface area contributed by atoms with Crippen LogP contribution in [0.15, 0.2) is 12.4 Å². The van der Waals surface area contributed by atoms with Gasteiger partial charge < -0.3 is 9.11 Å². The third kappa shape index (κ3) is 15.1. The fraction of sp³-hybridized carbons (Fsp3) is 0.769. The number of aromatic amines is 2. The number of rotatable bonds is 14. The molecule has 0 fully saturated rings. The lowest BCUT2D eigenvalue weighted by molar-refractivity contribution is -0.706. The van der Waals surface area contributed by atoms with Gasteiger partial charge in [0.2, 0.25) is 0 Å². The van der Waals surface area contributed by atoms with Crippen LogP contribution < -0.4 is 9.13 Å². The third-order valence-corrected chi connectivity index (χ3v) is 5.90. The quantitative estimate of drug-likeness (QED) is 0.216. The Labute approximate surface area is 214 Å². The lowest BCUT2D eigenvalue weighted by Crippen LogP contribution is -2.39. The zero-order valence-corrected chi connectivity index (χ0v) is 23.8. The monoisotopic (exact) mass is 514 g/mol. The van der Waals surface area contributed by atoms with Gasteiger partial charge in [-0.3, -0.25) is 8.42 Å². The molecule has 8 nitrogen and oxygen atoms in total. The molecule has 2 heterocycles. The van der Waals surface area contributed by atoms with Crippen molar-refractivity contribution < 1.29 is 26.7 Å². The molecule has 0 atom stereocenters. The summed E-state index contributed by atoms with van der Waals surface area (Å²) in [7, 11) is -5.17. The predicted octanol–water partition coefficient (Wildman–Crippen LogP) is 4.68. The van der Waals surface area contributed by atoms with Crippen molar-refractivity contribution in [2.24, 2.45) is 0 Å². The molecule has 0 aliphatic rings. The van der Waals surface area contributed by atoms with Crippen LogP contribution in [0, 0.1) is 0 Å². The van der Waals surface area contributed by atoms with E-state index in [1.54, 1.807) is 0 Å². The number of nitrogens with zero attached hydrogens (tertiary/aromatic N) is 2. The molecule has 35 heavy (non-hydrogen) atoms. The van der Waals surface area contributed by atoms with Crippen molar-refractivity contribution in [2.75, 3.05) is 0 Å². The molecule has 0 amide bonds. The van der Waals surface area contributed by atoms with Crippen LogP contribution in [0.25, 0.3) is 0 Å². The summed E-state index contributed by atoms with van der Waals surface area (Å²) in [6.45, 7) is 15.7. The Hall–Kier alpha value is -1.71. The number of nitrogens with one attached hydrogen (secondary N) is 2. The summed E-state index contributed by atoms with van der Waals surface area (Å²) in [5.41, 5.74) is 2.95. The molecule has 0 aliphatic carbocycles. The maximum atomic E-state index is 8.52. The average Bonchev–Trinajstić information content (AvgIpc) is 3.40. The van der Waals surface area contributed by atoms with Crippen LogP contribution in [0.3, 0.4) is 0 Å². The molecule has 9 heteroatoms. The number of imidazole rings is 2. The van der Waals surface area contributed by atoms with Crippen LogP contribution in [0.1, 0.15) is 116 Å². The Bertz CT molecular complexity index is 774. The van der Waals surface area contributed by atoms with E-state index in [9.17, 15) is 0 Å². The first-order chi connectivity index (χ1) is 16.7. The molecule has 0 radical (unpaired) electrons. The van der Waals surface area contributed by atoms with Gasteiger partial charge in [-0.05, 0) is 39.5 Å². The predicted molar refractivity (Wildman–Crippen MR) is 138 cm³/mol. The molecule has 204 valence electrons. The van der Waals surface area contributed by atoms with Crippen LogP contribution in [-0.2, 0) is 49.2 Å². The van der Waals surface area contributed by atoms with E-state index in [1.807, 2.05) is 0 Å². The van der Waals surface area contributed by atoms with E-state index in [0.717, 1.165) is 13.1 Å². The highest BCUT2D eigenvalue weighted by atomic mass is 32.3. The summed E-state index contributed by atoms with van der Waals surface area (Å²) in [4.78, 5) is 6.86. The molecule has 0 bridgehead atoms. The van der Waals surface area contributed by atoms with E-state index in [0.29, 0.717) is 0 Å². The maximum absolute atomic E-state index is 8.52. The Kier molecular flexibility index (Phi) is 18.5. The molecule has 2 N–H and O–H groups in total. The molecule has 0 aromatic carbocycles. The highest BCUT2D eigenvalue weighted by Crippen LogP contribution is 2.05. The number of unbranched alkanes of at least 4 members (excludes halogenated alkanes) is 4. The molecule has 2 aromatic rings. The molecular formula is C26H50N4O4S. The van der Waals surface area contributed by atoms with Gasteiger partial charge in [0.1, 0.15) is 23.8 Å². The molecule has 0 spiro atoms. The third-order valence-electron chi connectivity index (χ3n) is 5.90. The SMILES string of the molecule is CCCCc1c[nH]c(CCCC)[n+]1CC.CCCCc1c[nH]c(CCCC)[n+]1CC.O=S(=O)([O-])[O-]. The van der Waals surface area contributed by atoms with Crippen LogP contribution in [0.4, 0.5) is 0 Å². The number of aromatic nitrogens is 4. The van der Waals surface area contributed by atoms with Gasteiger partial charge in [0.15, 0.2) is 0 Å². The summed E-state index contributed by atoms with van der Waals surface area (Å²) < 4.78 is 39.0. The summed E-state index contributed by atoms with van der Waals surface area (Å²) in [5.74, 6) is 2.82.